The van der Waals surface area contributed by atoms with Crippen molar-refractivity contribution < 1.29 is 32.2 Å². The Bertz CT molecular complexity index is 523. The van der Waals surface area contributed by atoms with Crippen LogP contribution in [0, 0.1) is 5.82 Å². The van der Waals surface area contributed by atoms with E-state index >= 15 is 0 Å². The number of aliphatic hydroxyl groups excluding tert-OH is 1. The number of carbonyl (C=O) groups is 1. The van der Waals surface area contributed by atoms with Gasteiger partial charge < -0.3 is 20.5 Å². The number of nitrogens with one attached hydrogen (secondary N) is 2. The van der Waals surface area contributed by atoms with Gasteiger partial charge in [0.2, 0.25) is 0 Å². The highest BCUT2D eigenvalue weighted by molar-refractivity contribution is 5.91. The minimum atomic E-state index is -4.55. The second-order valence-corrected chi connectivity index (χ2v) is 4.91. The molecule has 0 heterocycles. The molecule has 1 atom stereocenters. The average Bonchev–Trinajstić information content (AvgIpc) is 2.43. The molecule has 0 spiro atoms. The molecule has 0 fully saturated rings. The molecule has 9 heteroatoms. The number of alkyl halides is 3. The van der Waals surface area contributed by atoms with Gasteiger partial charge in [-0.2, -0.15) is 13.2 Å². The van der Waals surface area contributed by atoms with E-state index < -0.39 is 24.6 Å². The Morgan fingerprint density at radius 2 is 2.09 bits per heavy atom. The highest BCUT2D eigenvalue weighted by Gasteiger charge is 2.29. The molecule has 1 rings (SSSR count). The van der Waals surface area contributed by atoms with Crippen LogP contribution in [0.15, 0.2) is 18.2 Å². The normalized spacial score (nSPS) is 12.6. The fourth-order valence-electron chi connectivity index (χ4n) is 1.74. The minimum Gasteiger partial charge on any atom is -0.482 e. The third-order valence-corrected chi connectivity index (χ3v) is 2.75. The number of hydrogen-bond donors (Lipinski definition) is 3. The van der Waals surface area contributed by atoms with Gasteiger partial charge in [-0.15, -0.1) is 0 Å². The first-order valence-electron chi connectivity index (χ1n) is 6.88. The Balaban J connectivity index is 2.70. The third-order valence-electron chi connectivity index (χ3n) is 2.75. The van der Waals surface area contributed by atoms with Crippen molar-refractivity contribution in [1.29, 1.82) is 0 Å². The number of ether oxygens (including phenoxy) is 1. The summed E-state index contributed by atoms with van der Waals surface area (Å²) in [5.74, 6) is -1.02. The molecule has 0 aromatic heterocycles. The SMILES string of the molecule is CC(CCCO)NC(=O)Nc1cc(F)ccc1OCC(F)(F)F. The third kappa shape index (κ3) is 7.68. The highest BCUT2D eigenvalue weighted by atomic mass is 19.4. The van der Waals surface area contributed by atoms with Gasteiger partial charge in [0.05, 0.1) is 5.69 Å². The highest BCUT2D eigenvalue weighted by Crippen LogP contribution is 2.27. The maximum atomic E-state index is 13.2. The molecule has 0 bridgehead atoms. The number of halogens is 4. The molecule has 5 nitrogen and oxygen atoms in total. The quantitative estimate of drug-likeness (QED) is 0.669. The van der Waals surface area contributed by atoms with Crippen molar-refractivity contribution in [3.63, 3.8) is 0 Å². The second-order valence-electron chi connectivity index (χ2n) is 4.91. The largest absolute Gasteiger partial charge is 0.482 e. The van der Waals surface area contributed by atoms with Crippen LogP contribution in [0.2, 0.25) is 0 Å². The first-order valence-corrected chi connectivity index (χ1v) is 6.88. The average molecular weight is 338 g/mol. The van der Waals surface area contributed by atoms with Crippen LogP contribution in [-0.4, -0.2) is 36.6 Å². The fraction of sp³-hybridized carbons (Fsp3) is 0.500. The van der Waals surface area contributed by atoms with Crippen molar-refractivity contribution in [2.75, 3.05) is 18.5 Å². The Kier molecular flexibility index (Phi) is 7.08. The van der Waals surface area contributed by atoms with Gasteiger partial charge in [0, 0.05) is 18.7 Å². The van der Waals surface area contributed by atoms with E-state index in [1.165, 1.54) is 0 Å². The van der Waals surface area contributed by atoms with E-state index in [4.69, 9.17) is 5.11 Å². The second kappa shape index (κ2) is 8.56. The number of anilines is 1. The number of rotatable bonds is 7. The van der Waals surface area contributed by atoms with Crippen LogP contribution in [0.1, 0.15) is 19.8 Å². The van der Waals surface area contributed by atoms with Crippen LogP contribution >= 0.6 is 0 Å². The van der Waals surface area contributed by atoms with E-state index in [0.717, 1.165) is 18.2 Å². The maximum absolute atomic E-state index is 13.2. The zero-order chi connectivity index (χ0) is 17.5. The molecule has 0 aliphatic heterocycles. The van der Waals surface area contributed by atoms with Crippen molar-refractivity contribution in [2.24, 2.45) is 0 Å². The van der Waals surface area contributed by atoms with Gasteiger partial charge in [-0.1, -0.05) is 0 Å². The Labute approximate surface area is 130 Å². The molecule has 0 saturated heterocycles. The van der Waals surface area contributed by atoms with E-state index in [0.29, 0.717) is 12.8 Å². The predicted molar refractivity (Wildman–Crippen MR) is 75.9 cm³/mol. The van der Waals surface area contributed by atoms with Crippen molar-refractivity contribution in [1.82, 2.24) is 5.32 Å². The summed E-state index contributed by atoms with van der Waals surface area (Å²) in [7, 11) is 0. The summed E-state index contributed by atoms with van der Waals surface area (Å²) in [5, 5.41) is 13.5. The van der Waals surface area contributed by atoms with Gasteiger partial charge in [0.1, 0.15) is 11.6 Å². The van der Waals surface area contributed by atoms with E-state index in [2.05, 4.69) is 15.4 Å². The number of amides is 2. The number of benzene rings is 1. The minimum absolute atomic E-state index is 0.0209. The lowest BCUT2D eigenvalue weighted by atomic mass is 10.2. The topological polar surface area (TPSA) is 70.6 Å². The van der Waals surface area contributed by atoms with Gasteiger partial charge in [-0.25, -0.2) is 9.18 Å². The smallest absolute Gasteiger partial charge is 0.422 e. The van der Waals surface area contributed by atoms with Gasteiger partial charge in [-0.05, 0) is 31.9 Å². The van der Waals surface area contributed by atoms with Crippen molar-refractivity contribution in [3.8, 4) is 5.75 Å². The van der Waals surface area contributed by atoms with Crippen LogP contribution in [0.4, 0.5) is 28.0 Å². The molecule has 0 aliphatic rings. The van der Waals surface area contributed by atoms with E-state index in [1.807, 2.05) is 0 Å². The number of carbonyl (C=O) groups excluding carboxylic acids is 1. The van der Waals surface area contributed by atoms with E-state index in [-0.39, 0.29) is 24.1 Å². The van der Waals surface area contributed by atoms with Gasteiger partial charge in [-0.3, -0.25) is 0 Å². The van der Waals surface area contributed by atoms with Crippen molar-refractivity contribution in [3.05, 3.63) is 24.0 Å². The lowest BCUT2D eigenvalue weighted by molar-refractivity contribution is -0.153. The van der Waals surface area contributed by atoms with Gasteiger partial charge in [0.15, 0.2) is 6.61 Å². The molecular weight excluding hydrogens is 320 g/mol. The fourth-order valence-corrected chi connectivity index (χ4v) is 1.74. The summed E-state index contributed by atoms with van der Waals surface area (Å²) < 4.78 is 54.3. The van der Waals surface area contributed by atoms with Crippen LogP contribution in [0.25, 0.3) is 0 Å². The Hall–Kier alpha value is -2.03. The lowest BCUT2D eigenvalue weighted by Gasteiger charge is -2.17. The zero-order valence-electron chi connectivity index (χ0n) is 12.4. The molecular formula is C14H18F4N2O3. The molecule has 0 saturated carbocycles. The number of urea groups is 1. The Morgan fingerprint density at radius 3 is 2.70 bits per heavy atom. The summed E-state index contributed by atoms with van der Waals surface area (Å²) in [6.45, 7) is 0.122. The summed E-state index contributed by atoms with van der Waals surface area (Å²) in [4.78, 5) is 11.8. The summed E-state index contributed by atoms with van der Waals surface area (Å²) in [6.07, 6.45) is -3.54. The first kappa shape index (κ1) is 19.0. The lowest BCUT2D eigenvalue weighted by Crippen LogP contribution is -2.36. The van der Waals surface area contributed by atoms with Crippen LogP contribution in [0.3, 0.4) is 0 Å². The standard InChI is InChI=1S/C14H18F4N2O3/c1-9(3-2-6-21)19-13(22)20-11-7-10(15)4-5-12(11)23-8-14(16,17)18/h4-5,7,9,21H,2-3,6,8H2,1H3,(H2,19,20,22). The van der Waals surface area contributed by atoms with Crippen molar-refractivity contribution in [2.45, 2.75) is 32.0 Å². The summed E-state index contributed by atoms with van der Waals surface area (Å²) in [5.41, 5.74) is -0.207. The molecule has 1 aromatic rings. The van der Waals surface area contributed by atoms with Crippen LogP contribution in [0.5, 0.6) is 5.75 Å². The van der Waals surface area contributed by atoms with E-state index in [9.17, 15) is 22.4 Å². The number of hydrogen-bond acceptors (Lipinski definition) is 3. The molecule has 130 valence electrons. The van der Waals surface area contributed by atoms with E-state index in [1.54, 1.807) is 6.92 Å². The summed E-state index contributed by atoms with van der Waals surface area (Å²) >= 11 is 0. The maximum Gasteiger partial charge on any atom is 0.422 e. The molecule has 2 amide bonds. The molecule has 0 radical (unpaired) electrons. The zero-order valence-corrected chi connectivity index (χ0v) is 12.4. The Morgan fingerprint density at radius 1 is 1.39 bits per heavy atom. The van der Waals surface area contributed by atoms with Crippen LogP contribution < -0.4 is 15.4 Å². The molecule has 23 heavy (non-hydrogen) atoms. The molecule has 0 aliphatic carbocycles. The number of aliphatic hydroxyl groups is 1. The predicted octanol–water partition coefficient (Wildman–Crippen LogP) is 3.05. The van der Waals surface area contributed by atoms with Crippen LogP contribution in [-0.2, 0) is 0 Å². The molecule has 1 aromatic carbocycles. The van der Waals surface area contributed by atoms with Crippen molar-refractivity contribution >= 4 is 11.7 Å². The first-order chi connectivity index (χ1) is 10.7. The molecule has 3 N–H and O–H groups in total. The van der Waals surface area contributed by atoms with Gasteiger partial charge >= 0.3 is 12.2 Å². The monoisotopic (exact) mass is 338 g/mol. The summed E-state index contributed by atoms with van der Waals surface area (Å²) in [6, 6.07) is 1.82. The van der Waals surface area contributed by atoms with Gasteiger partial charge in [0.25, 0.3) is 0 Å². The molecule has 1 unspecified atom stereocenters.